The first-order chi connectivity index (χ1) is 17.4. The molecule has 5 rings (SSSR count). The van der Waals surface area contributed by atoms with Crippen molar-refractivity contribution in [1.29, 1.82) is 0 Å². The molecule has 1 aliphatic heterocycles. The van der Waals surface area contributed by atoms with Crippen LogP contribution in [0.2, 0.25) is 5.02 Å². The Kier molecular flexibility index (Phi) is 6.92. The van der Waals surface area contributed by atoms with Crippen molar-refractivity contribution in [2.45, 2.75) is 44.7 Å². The van der Waals surface area contributed by atoms with Gasteiger partial charge in [0.2, 0.25) is 0 Å². The number of aryl methyl sites for hydroxylation is 2. The van der Waals surface area contributed by atoms with Gasteiger partial charge >= 0.3 is 0 Å². The van der Waals surface area contributed by atoms with Gasteiger partial charge in [-0.05, 0) is 74.1 Å². The minimum absolute atomic E-state index is 0.0113. The maximum Gasteiger partial charge on any atom is 0.253 e. The topological polar surface area (TPSA) is 78.4 Å². The van der Waals surface area contributed by atoms with Gasteiger partial charge in [0.15, 0.2) is 0 Å². The molecular weight excluding hydrogens is 474 g/mol. The highest BCUT2D eigenvalue weighted by Gasteiger charge is 2.29. The zero-order valence-corrected chi connectivity index (χ0v) is 21.3. The number of amides is 2. The molecule has 186 valence electrons. The lowest BCUT2D eigenvalue weighted by Crippen LogP contribution is -2.46. The monoisotopic (exact) mass is 503 g/mol. The van der Waals surface area contributed by atoms with E-state index < -0.39 is 0 Å². The number of halogens is 1. The Morgan fingerprint density at radius 3 is 2.61 bits per heavy atom. The highest BCUT2D eigenvalue weighted by molar-refractivity contribution is 6.33. The first kappa shape index (κ1) is 24.3. The fourth-order valence-electron chi connectivity index (χ4n) is 5.24. The number of hydrogen-bond donors (Lipinski definition) is 1. The Balaban J connectivity index is 1.25. The quantitative estimate of drug-likeness (QED) is 0.550. The van der Waals surface area contributed by atoms with Crippen LogP contribution in [0.15, 0.2) is 54.7 Å². The summed E-state index contributed by atoms with van der Waals surface area (Å²) in [7, 11) is 1.89. The molecule has 0 bridgehead atoms. The molecule has 1 fully saturated rings. The standard InChI is InChI=1S/C28H30ClN5O2/c1-18-30-14-11-26(31-18)34-15-12-21(13-16-34)33(2)28(36)20-8-7-19-9-10-25(23(19)17-20)32-27(35)22-5-3-4-6-24(22)29/h3-8,11,14,17,21,25H,9-10,12-13,15-16H2,1-2H3,(H,32,35)/t25-/m1/s1. The number of aromatic nitrogens is 2. The molecule has 0 unspecified atom stereocenters. The molecule has 7 nitrogen and oxygen atoms in total. The van der Waals surface area contributed by atoms with E-state index >= 15 is 0 Å². The molecule has 3 aromatic rings. The maximum absolute atomic E-state index is 13.4. The third kappa shape index (κ3) is 4.93. The summed E-state index contributed by atoms with van der Waals surface area (Å²) >= 11 is 6.21. The van der Waals surface area contributed by atoms with Gasteiger partial charge in [0.05, 0.1) is 16.6 Å². The van der Waals surface area contributed by atoms with Gasteiger partial charge in [-0.2, -0.15) is 0 Å². The van der Waals surface area contributed by atoms with Crippen molar-refractivity contribution >= 4 is 29.2 Å². The van der Waals surface area contributed by atoms with Gasteiger partial charge in [-0.25, -0.2) is 9.97 Å². The summed E-state index contributed by atoms with van der Waals surface area (Å²) in [6, 6.07) is 14.9. The maximum atomic E-state index is 13.4. The molecule has 36 heavy (non-hydrogen) atoms. The van der Waals surface area contributed by atoms with Gasteiger partial charge in [-0.15, -0.1) is 0 Å². The normalized spacial score (nSPS) is 17.5. The minimum atomic E-state index is -0.196. The van der Waals surface area contributed by atoms with Crippen molar-refractivity contribution in [1.82, 2.24) is 20.2 Å². The van der Waals surface area contributed by atoms with Crippen LogP contribution in [0.3, 0.4) is 0 Å². The van der Waals surface area contributed by atoms with E-state index in [4.69, 9.17) is 11.6 Å². The summed E-state index contributed by atoms with van der Waals surface area (Å²) in [5.74, 6) is 1.52. The third-order valence-electron chi connectivity index (χ3n) is 7.31. The number of rotatable bonds is 5. The second kappa shape index (κ2) is 10.3. The Morgan fingerprint density at radius 2 is 1.86 bits per heavy atom. The molecule has 8 heteroatoms. The summed E-state index contributed by atoms with van der Waals surface area (Å²) < 4.78 is 0. The summed E-state index contributed by atoms with van der Waals surface area (Å²) in [6.45, 7) is 3.59. The van der Waals surface area contributed by atoms with Crippen LogP contribution in [0, 0.1) is 6.92 Å². The smallest absolute Gasteiger partial charge is 0.253 e. The van der Waals surface area contributed by atoms with Crippen LogP contribution in [0.5, 0.6) is 0 Å². The second-order valence-electron chi connectivity index (χ2n) is 9.55. The van der Waals surface area contributed by atoms with E-state index in [0.29, 0.717) is 16.1 Å². The molecule has 0 saturated carbocycles. The minimum Gasteiger partial charge on any atom is -0.356 e. The van der Waals surface area contributed by atoms with Crippen molar-refractivity contribution < 1.29 is 9.59 Å². The Labute approximate surface area is 216 Å². The average molecular weight is 504 g/mol. The van der Waals surface area contributed by atoms with E-state index in [1.165, 1.54) is 5.56 Å². The largest absolute Gasteiger partial charge is 0.356 e. The third-order valence-corrected chi connectivity index (χ3v) is 7.64. The zero-order chi connectivity index (χ0) is 25.2. The van der Waals surface area contributed by atoms with Crippen molar-refractivity contribution in [3.8, 4) is 0 Å². The van der Waals surface area contributed by atoms with E-state index in [0.717, 1.165) is 56.0 Å². The number of hydrogen-bond acceptors (Lipinski definition) is 5. The van der Waals surface area contributed by atoms with Gasteiger partial charge < -0.3 is 15.1 Å². The van der Waals surface area contributed by atoms with E-state index in [1.807, 2.05) is 43.1 Å². The van der Waals surface area contributed by atoms with Gasteiger partial charge in [0.25, 0.3) is 11.8 Å². The number of carbonyl (C=O) groups excluding carboxylic acids is 2. The zero-order valence-electron chi connectivity index (χ0n) is 20.6. The van der Waals surface area contributed by atoms with Gasteiger partial charge in [0.1, 0.15) is 11.6 Å². The molecule has 1 atom stereocenters. The van der Waals surface area contributed by atoms with Gasteiger partial charge in [-0.1, -0.05) is 29.8 Å². The Morgan fingerprint density at radius 1 is 1.08 bits per heavy atom. The molecule has 0 radical (unpaired) electrons. The molecular formula is C28H30ClN5O2. The van der Waals surface area contributed by atoms with Crippen LogP contribution < -0.4 is 10.2 Å². The first-order valence-corrected chi connectivity index (χ1v) is 12.8. The van der Waals surface area contributed by atoms with Crippen molar-refractivity contribution in [3.05, 3.63) is 87.8 Å². The lowest BCUT2D eigenvalue weighted by Gasteiger charge is -2.37. The SMILES string of the molecule is Cc1nccc(N2CCC(N(C)C(=O)c3ccc4c(c3)[C@H](NC(=O)c3ccccc3Cl)CC4)CC2)n1. The second-order valence-corrected chi connectivity index (χ2v) is 9.96. The van der Waals surface area contributed by atoms with Crippen LogP contribution in [-0.4, -0.2) is 52.9 Å². The number of anilines is 1. The van der Waals surface area contributed by atoms with Crippen LogP contribution in [-0.2, 0) is 6.42 Å². The molecule has 2 amide bonds. The molecule has 2 aliphatic rings. The molecule has 1 aliphatic carbocycles. The number of fused-ring (bicyclic) bond motifs is 1. The lowest BCUT2D eigenvalue weighted by molar-refractivity contribution is 0.0709. The molecule has 2 heterocycles. The average Bonchev–Trinajstić information content (AvgIpc) is 3.30. The molecule has 1 aromatic heterocycles. The number of piperidine rings is 1. The van der Waals surface area contributed by atoms with Gasteiger partial charge in [0, 0.05) is 37.9 Å². The highest BCUT2D eigenvalue weighted by atomic mass is 35.5. The van der Waals surface area contributed by atoms with Crippen LogP contribution >= 0.6 is 11.6 Å². The molecule has 2 aromatic carbocycles. The number of nitrogens with zero attached hydrogens (tertiary/aromatic N) is 4. The predicted octanol–water partition coefficient (Wildman–Crippen LogP) is 4.60. The molecule has 0 spiro atoms. The van der Waals surface area contributed by atoms with Crippen LogP contribution in [0.25, 0.3) is 0 Å². The Bertz CT molecular complexity index is 1290. The molecule has 1 saturated heterocycles. The number of carbonyl (C=O) groups is 2. The van der Waals surface area contributed by atoms with E-state index in [-0.39, 0.29) is 23.9 Å². The number of benzene rings is 2. The first-order valence-electron chi connectivity index (χ1n) is 12.4. The van der Waals surface area contributed by atoms with E-state index in [1.54, 1.807) is 30.5 Å². The molecule has 1 N–H and O–H groups in total. The fourth-order valence-corrected chi connectivity index (χ4v) is 5.46. The highest BCUT2D eigenvalue weighted by Crippen LogP contribution is 2.33. The van der Waals surface area contributed by atoms with Crippen LogP contribution in [0.1, 0.15) is 63.0 Å². The van der Waals surface area contributed by atoms with E-state index in [9.17, 15) is 9.59 Å². The summed E-state index contributed by atoms with van der Waals surface area (Å²) in [5, 5.41) is 3.54. The summed E-state index contributed by atoms with van der Waals surface area (Å²) in [5.41, 5.74) is 3.31. The summed E-state index contributed by atoms with van der Waals surface area (Å²) in [4.78, 5) is 39.1. The predicted molar refractivity (Wildman–Crippen MR) is 141 cm³/mol. The summed E-state index contributed by atoms with van der Waals surface area (Å²) in [6.07, 6.45) is 5.23. The fraction of sp³-hybridized carbons (Fsp3) is 0.357. The van der Waals surface area contributed by atoms with E-state index in [2.05, 4.69) is 20.2 Å². The van der Waals surface area contributed by atoms with Crippen molar-refractivity contribution in [2.24, 2.45) is 0 Å². The van der Waals surface area contributed by atoms with Crippen molar-refractivity contribution in [3.63, 3.8) is 0 Å². The lowest BCUT2D eigenvalue weighted by atomic mass is 10.00. The van der Waals surface area contributed by atoms with Gasteiger partial charge in [-0.3, -0.25) is 9.59 Å². The Hall–Kier alpha value is -3.45. The number of nitrogens with one attached hydrogen (secondary N) is 1. The van der Waals surface area contributed by atoms with Crippen molar-refractivity contribution in [2.75, 3.05) is 25.0 Å². The van der Waals surface area contributed by atoms with Crippen LogP contribution in [0.4, 0.5) is 5.82 Å².